The standard InChI is InChI=1S/C42H46O11/c1-27-34(46-24-30-16-8-4-9-17-30)36(47-25-31-18-10-5-11-19-31)39(48-26-32-20-12-6-13-21-32)42(50-27)53-37-35(51-29(3)43)28(2)49-41(45)38(37)52-40(44)33-22-14-7-15-23-33/h4-23,27-28,34-39,41-42,45H,24-26H2,1-3H3/t27?,28?,34-,35-,36?,37?,38?,39?,41+,42-/m0/s1. The minimum absolute atomic E-state index is 0.173. The normalized spacial score (nSPS) is 28.5. The third-order valence-corrected chi connectivity index (χ3v) is 9.17. The molecule has 53 heavy (non-hydrogen) atoms. The summed E-state index contributed by atoms with van der Waals surface area (Å²) in [6.45, 7) is 5.45. The highest BCUT2D eigenvalue weighted by Gasteiger charge is 2.54. The number of carbonyl (C=O) groups excluding carboxylic acids is 2. The van der Waals surface area contributed by atoms with E-state index in [1.165, 1.54) is 6.92 Å². The SMILES string of the molecule is CC(=O)O[C@H]1C(C)O[C@@H](O)C(OC(=O)c2ccccc2)C1O[C@@H]1OC(C)[C@H](OCc2ccccc2)C(OCc2ccccc2)C1OCc1ccccc1. The van der Waals surface area contributed by atoms with Crippen molar-refractivity contribution in [3.05, 3.63) is 144 Å². The van der Waals surface area contributed by atoms with Gasteiger partial charge in [-0.25, -0.2) is 4.79 Å². The molecular weight excluding hydrogens is 680 g/mol. The molecule has 0 saturated carbocycles. The summed E-state index contributed by atoms with van der Waals surface area (Å²) in [6.07, 6.45) is -10.3. The first kappa shape index (κ1) is 38.3. The number of rotatable bonds is 14. The molecule has 2 aliphatic heterocycles. The van der Waals surface area contributed by atoms with E-state index in [2.05, 4.69) is 0 Å². The van der Waals surface area contributed by atoms with E-state index in [0.717, 1.165) is 16.7 Å². The largest absolute Gasteiger partial charge is 0.457 e. The molecule has 6 unspecified atom stereocenters. The number of aliphatic hydroxyl groups excluding tert-OH is 1. The lowest BCUT2D eigenvalue weighted by molar-refractivity contribution is -0.361. The quantitative estimate of drug-likeness (QED) is 0.159. The Morgan fingerprint density at radius 2 is 1.00 bits per heavy atom. The first-order valence-electron chi connectivity index (χ1n) is 17.8. The molecule has 2 fully saturated rings. The fourth-order valence-corrected chi connectivity index (χ4v) is 6.52. The molecule has 0 amide bonds. The van der Waals surface area contributed by atoms with Gasteiger partial charge in [-0.15, -0.1) is 0 Å². The zero-order valence-electron chi connectivity index (χ0n) is 30.0. The van der Waals surface area contributed by atoms with Crippen molar-refractivity contribution in [3.8, 4) is 0 Å². The van der Waals surface area contributed by atoms with Crippen LogP contribution >= 0.6 is 0 Å². The van der Waals surface area contributed by atoms with Crippen LogP contribution < -0.4 is 0 Å². The van der Waals surface area contributed by atoms with Crippen molar-refractivity contribution in [1.29, 1.82) is 0 Å². The molecule has 0 aliphatic carbocycles. The van der Waals surface area contributed by atoms with Crippen molar-refractivity contribution in [1.82, 2.24) is 0 Å². The van der Waals surface area contributed by atoms with E-state index in [4.69, 9.17) is 37.9 Å². The molecule has 1 N–H and O–H groups in total. The molecule has 6 rings (SSSR count). The van der Waals surface area contributed by atoms with Crippen LogP contribution in [0.2, 0.25) is 0 Å². The van der Waals surface area contributed by atoms with E-state index in [0.29, 0.717) is 0 Å². The van der Waals surface area contributed by atoms with Crippen LogP contribution in [-0.4, -0.2) is 78.5 Å². The summed E-state index contributed by atoms with van der Waals surface area (Å²) < 4.78 is 50.5. The Hall–Kier alpha value is -4.46. The number of aliphatic hydroxyl groups is 1. The minimum atomic E-state index is -1.62. The summed E-state index contributed by atoms with van der Waals surface area (Å²) >= 11 is 0. The number of carbonyl (C=O) groups is 2. The summed E-state index contributed by atoms with van der Waals surface area (Å²) in [5.74, 6) is -1.34. The van der Waals surface area contributed by atoms with Gasteiger partial charge < -0.3 is 43.0 Å². The highest BCUT2D eigenvalue weighted by Crippen LogP contribution is 2.35. The number of benzene rings is 4. The van der Waals surface area contributed by atoms with E-state index < -0.39 is 73.4 Å². The van der Waals surface area contributed by atoms with Crippen molar-refractivity contribution in [2.75, 3.05) is 0 Å². The highest BCUT2D eigenvalue weighted by molar-refractivity contribution is 5.89. The fraction of sp³-hybridized carbons (Fsp3) is 0.381. The second-order valence-electron chi connectivity index (χ2n) is 13.1. The Bertz CT molecular complexity index is 1710. The van der Waals surface area contributed by atoms with Gasteiger partial charge in [0.15, 0.2) is 24.8 Å². The maximum Gasteiger partial charge on any atom is 0.338 e. The molecule has 10 atom stereocenters. The van der Waals surface area contributed by atoms with Crippen molar-refractivity contribution in [3.63, 3.8) is 0 Å². The van der Waals surface area contributed by atoms with E-state index in [9.17, 15) is 14.7 Å². The molecule has 2 saturated heterocycles. The van der Waals surface area contributed by atoms with E-state index in [-0.39, 0.29) is 25.4 Å². The first-order chi connectivity index (χ1) is 25.8. The van der Waals surface area contributed by atoms with Crippen molar-refractivity contribution in [2.24, 2.45) is 0 Å². The van der Waals surface area contributed by atoms with Gasteiger partial charge in [0, 0.05) is 6.92 Å². The lowest BCUT2D eigenvalue weighted by Gasteiger charge is -2.48. The van der Waals surface area contributed by atoms with Crippen LogP contribution in [0.15, 0.2) is 121 Å². The monoisotopic (exact) mass is 726 g/mol. The van der Waals surface area contributed by atoms with Crippen LogP contribution in [0.3, 0.4) is 0 Å². The van der Waals surface area contributed by atoms with E-state index in [1.54, 1.807) is 37.3 Å². The van der Waals surface area contributed by atoms with Gasteiger partial charge in [0.1, 0.15) is 24.4 Å². The molecule has 0 aromatic heterocycles. The smallest absolute Gasteiger partial charge is 0.338 e. The predicted octanol–water partition coefficient (Wildman–Crippen LogP) is 5.77. The van der Waals surface area contributed by atoms with Crippen LogP contribution in [0.5, 0.6) is 0 Å². The maximum absolute atomic E-state index is 13.3. The molecule has 2 heterocycles. The van der Waals surface area contributed by atoms with Crippen molar-refractivity contribution in [2.45, 2.75) is 102 Å². The highest BCUT2D eigenvalue weighted by atomic mass is 16.7. The van der Waals surface area contributed by atoms with E-state index >= 15 is 0 Å². The Balaban J connectivity index is 1.35. The van der Waals surface area contributed by atoms with Gasteiger partial charge in [0.2, 0.25) is 0 Å². The van der Waals surface area contributed by atoms with Crippen LogP contribution in [-0.2, 0) is 62.5 Å². The van der Waals surface area contributed by atoms with Crippen molar-refractivity contribution >= 4 is 11.9 Å². The molecule has 280 valence electrons. The molecule has 0 radical (unpaired) electrons. The van der Waals surface area contributed by atoms with Gasteiger partial charge in [-0.3, -0.25) is 4.79 Å². The number of ether oxygens (including phenoxy) is 8. The average Bonchev–Trinajstić information content (AvgIpc) is 3.17. The summed E-state index contributed by atoms with van der Waals surface area (Å²) in [7, 11) is 0. The molecular formula is C42H46O11. The zero-order chi connectivity index (χ0) is 37.2. The predicted molar refractivity (Wildman–Crippen MR) is 192 cm³/mol. The lowest BCUT2D eigenvalue weighted by atomic mass is 9.96. The molecule has 11 heteroatoms. The Morgan fingerprint density at radius 3 is 1.51 bits per heavy atom. The number of hydrogen-bond acceptors (Lipinski definition) is 11. The molecule has 0 bridgehead atoms. The summed E-state index contributed by atoms with van der Waals surface area (Å²) in [6, 6.07) is 37.5. The van der Waals surface area contributed by atoms with Gasteiger partial charge in [-0.05, 0) is 42.7 Å². The Labute approximate surface area is 309 Å². The third-order valence-electron chi connectivity index (χ3n) is 9.17. The van der Waals surface area contributed by atoms with Gasteiger partial charge in [-0.1, -0.05) is 109 Å². The topological polar surface area (TPSA) is 128 Å². The van der Waals surface area contributed by atoms with Crippen LogP contribution in [0.1, 0.15) is 47.8 Å². The maximum atomic E-state index is 13.3. The molecule has 11 nitrogen and oxygen atoms in total. The summed E-state index contributed by atoms with van der Waals surface area (Å²) in [5.41, 5.74) is 3.06. The second-order valence-corrected chi connectivity index (χ2v) is 13.1. The fourth-order valence-electron chi connectivity index (χ4n) is 6.52. The summed E-state index contributed by atoms with van der Waals surface area (Å²) in [5, 5.41) is 11.2. The molecule has 2 aliphatic rings. The summed E-state index contributed by atoms with van der Waals surface area (Å²) in [4.78, 5) is 25.8. The van der Waals surface area contributed by atoms with Gasteiger partial charge in [0.25, 0.3) is 0 Å². The minimum Gasteiger partial charge on any atom is -0.457 e. The lowest BCUT2D eigenvalue weighted by Crippen LogP contribution is -2.65. The van der Waals surface area contributed by atoms with Gasteiger partial charge >= 0.3 is 11.9 Å². The molecule has 4 aromatic carbocycles. The first-order valence-corrected chi connectivity index (χ1v) is 17.8. The van der Waals surface area contributed by atoms with Crippen LogP contribution in [0.4, 0.5) is 0 Å². The zero-order valence-corrected chi connectivity index (χ0v) is 30.0. The number of esters is 2. The van der Waals surface area contributed by atoms with Gasteiger partial charge in [-0.2, -0.15) is 0 Å². The van der Waals surface area contributed by atoms with Gasteiger partial charge in [0.05, 0.1) is 37.6 Å². The Kier molecular flexibility index (Phi) is 13.4. The van der Waals surface area contributed by atoms with Crippen LogP contribution in [0, 0.1) is 0 Å². The van der Waals surface area contributed by atoms with E-state index in [1.807, 2.05) is 97.9 Å². The number of hydrogen-bond donors (Lipinski definition) is 1. The Morgan fingerprint density at radius 1 is 0.547 bits per heavy atom. The van der Waals surface area contributed by atoms with Crippen molar-refractivity contribution < 1.29 is 52.6 Å². The average molecular weight is 727 g/mol. The third kappa shape index (κ3) is 10.2. The molecule has 4 aromatic rings. The molecule has 0 spiro atoms. The van der Waals surface area contributed by atoms with Crippen LogP contribution in [0.25, 0.3) is 0 Å². The second kappa shape index (κ2) is 18.5.